The standard InChI is InChI=1S/C12H15BrN2O3/c1-12(2,3)18-11(17)15(7-8-16)10-6-4-5-9(13)14-10/h4-6,8H,7H2,1-3H3. The summed E-state index contributed by atoms with van der Waals surface area (Å²) in [5.74, 6) is 0.366. The van der Waals surface area contributed by atoms with E-state index < -0.39 is 11.7 Å². The molecular weight excluding hydrogens is 300 g/mol. The van der Waals surface area contributed by atoms with Crippen molar-refractivity contribution in [1.29, 1.82) is 0 Å². The first-order valence-electron chi connectivity index (χ1n) is 5.40. The van der Waals surface area contributed by atoms with Gasteiger partial charge >= 0.3 is 6.09 Å². The lowest BCUT2D eigenvalue weighted by Gasteiger charge is -2.25. The second-order valence-corrected chi connectivity index (χ2v) is 5.39. The van der Waals surface area contributed by atoms with Gasteiger partial charge in [0.15, 0.2) is 0 Å². The number of carbonyl (C=O) groups is 2. The van der Waals surface area contributed by atoms with Crippen molar-refractivity contribution in [3.8, 4) is 0 Å². The number of aromatic nitrogens is 1. The smallest absolute Gasteiger partial charge is 0.416 e. The first-order chi connectivity index (χ1) is 8.33. The lowest BCUT2D eigenvalue weighted by Crippen LogP contribution is -2.38. The normalized spacial score (nSPS) is 10.9. The van der Waals surface area contributed by atoms with Crippen molar-refractivity contribution in [3.63, 3.8) is 0 Å². The van der Waals surface area contributed by atoms with Crippen molar-refractivity contribution in [1.82, 2.24) is 4.98 Å². The number of pyridine rings is 1. The number of carbonyl (C=O) groups excluding carboxylic acids is 2. The summed E-state index contributed by atoms with van der Waals surface area (Å²) in [5.41, 5.74) is -0.621. The number of aldehydes is 1. The van der Waals surface area contributed by atoms with E-state index in [0.29, 0.717) is 16.7 Å². The molecule has 0 spiro atoms. The monoisotopic (exact) mass is 314 g/mol. The van der Waals surface area contributed by atoms with Crippen LogP contribution in [0.4, 0.5) is 10.6 Å². The van der Waals surface area contributed by atoms with Gasteiger partial charge in [-0.2, -0.15) is 0 Å². The molecule has 1 heterocycles. The van der Waals surface area contributed by atoms with Crippen LogP contribution in [-0.4, -0.2) is 29.5 Å². The zero-order chi connectivity index (χ0) is 13.8. The van der Waals surface area contributed by atoms with Crippen LogP contribution in [0, 0.1) is 0 Å². The summed E-state index contributed by atoms with van der Waals surface area (Å²) in [6.07, 6.45) is 0.0344. The minimum absolute atomic E-state index is 0.0988. The van der Waals surface area contributed by atoms with Crippen LogP contribution in [0.5, 0.6) is 0 Å². The van der Waals surface area contributed by atoms with E-state index in [1.165, 1.54) is 4.90 Å². The first-order valence-corrected chi connectivity index (χ1v) is 6.19. The Morgan fingerprint density at radius 2 is 2.17 bits per heavy atom. The highest BCUT2D eigenvalue weighted by Gasteiger charge is 2.23. The van der Waals surface area contributed by atoms with E-state index >= 15 is 0 Å². The van der Waals surface area contributed by atoms with Crippen LogP contribution < -0.4 is 4.90 Å². The van der Waals surface area contributed by atoms with Gasteiger partial charge in [0, 0.05) is 0 Å². The fourth-order valence-electron chi connectivity index (χ4n) is 1.20. The highest BCUT2D eigenvalue weighted by atomic mass is 79.9. The zero-order valence-corrected chi connectivity index (χ0v) is 12.1. The SMILES string of the molecule is CC(C)(C)OC(=O)N(CC=O)c1cccc(Br)n1. The quantitative estimate of drug-likeness (QED) is 0.636. The molecule has 1 aromatic rings. The van der Waals surface area contributed by atoms with E-state index in [-0.39, 0.29) is 6.54 Å². The summed E-state index contributed by atoms with van der Waals surface area (Å²) >= 11 is 3.21. The first kappa shape index (κ1) is 14.6. The summed E-state index contributed by atoms with van der Waals surface area (Å²) in [5, 5.41) is 0. The van der Waals surface area contributed by atoms with Gasteiger partial charge in [0.2, 0.25) is 0 Å². The molecule has 0 saturated heterocycles. The van der Waals surface area contributed by atoms with E-state index in [9.17, 15) is 9.59 Å². The maximum Gasteiger partial charge on any atom is 0.416 e. The van der Waals surface area contributed by atoms with Gasteiger partial charge in [-0.15, -0.1) is 0 Å². The van der Waals surface area contributed by atoms with Crippen LogP contribution in [0.25, 0.3) is 0 Å². The Balaban J connectivity index is 2.95. The average Bonchev–Trinajstić information content (AvgIpc) is 2.23. The van der Waals surface area contributed by atoms with Gasteiger partial charge in [0.05, 0.1) is 6.54 Å². The third-order valence-corrected chi connectivity index (χ3v) is 2.29. The number of hydrogen-bond donors (Lipinski definition) is 0. The van der Waals surface area contributed by atoms with Crippen LogP contribution in [-0.2, 0) is 9.53 Å². The van der Waals surface area contributed by atoms with Crippen molar-refractivity contribution < 1.29 is 14.3 Å². The Morgan fingerprint density at radius 3 is 2.67 bits per heavy atom. The van der Waals surface area contributed by atoms with Crippen molar-refractivity contribution in [2.75, 3.05) is 11.4 Å². The fraction of sp³-hybridized carbons (Fsp3) is 0.417. The number of anilines is 1. The molecule has 0 N–H and O–H groups in total. The lowest BCUT2D eigenvalue weighted by atomic mass is 10.2. The predicted molar refractivity (Wildman–Crippen MR) is 71.6 cm³/mol. The van der Waals surface area contributed by atoms with Crippen molar-refractivity contribution >= 4 is 34.1 Å². The summed E-state index contributed by atoms with van der Waals surface area (Å²) < 4.78 is 5.80. The minimum Gasteiger partial charge on any atom is -0.443 e. The second-order valence-electron chi connectivity index (χ2n) is 4.58. The van der Waals surface area contributed by atoms with E-state index in [4.69, 9.17) is 4.74 Å². The molecule has 0 bridgehead atoms. The van der Waals surface area contributed by atoms with E-state index in [1.54, 1.807) is 39.0 Å². The van der Waals surface area contributed by atoms with Gasteiger partial charge < -0.3 is 9.53 Å². The number of amides is 1. The van der Waals surface area contributed by atoms with Crippen molar-refractivity contribution in [3.05, 3.63) is 22.8 Å². The van der Waals surface area contributed by atoms with Crippen molar-refractivity contribution in [2.45, 2.75) is 26.4 Å². The lowest BCUT2D eigenvalue weighted by molar-refractivity contribution is -0.106. The Hall–Kier alpha value is -1.43. The molecular formula is C12H15BrN2O3. The summed E-state index contributed by atoms with van der Waals surface area (Å²) in [4.78, 5) is 27.9. The zero-order valence-electron chi connectivity index (χ0n) is 10.5. The highest BCUT2D eigenvalue weighted by Crippen LogP contribution is 2.17. The maximum absolute atomic E-state index is 12.0. The van der Waals surface area contributed by atoms with Crippen LogP contribution in [0.1, 0.15) is 20.8 Å². The molecule has 0 saturated carbocycles. The number of rotatable bonds is 3. The molecule has 0 aliphatic heterocycles. The Morgan fingerprint density at radius 1 is 1.50 bits per heavy atom. The van der Waals surface area contributed by atoms with Gasteiger partial charge in [0.25, 0.3) is 0 Å². The average molecular weight is 315 g/mol. The Bertz CT molecular complexity index is 443. The van der Waals surface area contributed by atoms with Gasteiger partial charge in [-0.25, -0.2) is 9.78 Å². The Kier molecular flexibility index (Phi) is 4.84. The molecule has 1 amide bonds. The minimum atomic E-state index is -0.621. The molecule has 0 unspecified atom stereocenters. The molecule has 0 aromatic carbocycles. The van der Waals surface area contributed by atoms with Gasteiger partial charge in [-0.05, 0) is 48.8 Å². The molecule has 5 nitrogen and oxygen atoms in total. The molecule has 98 valence electrons. The predicted octanol–water partition coefficient (Wildman–Crippen LogP) is 2.78. The maximum atomic E-state index is 12.0. The van der Waals surface area contributed by atoms with E-state index in [1.807, 2.05) is 0 Å². The summed E-state index contributed by atoms with van der Waals surface area (Å²) in [6.45, 7) is 5.19. The molecule has 0 fully saturated rings. The van der Waals surface area contributed by atoms with E-state index in [2.05, 4.69) is 20.9 Å². The molecule has 6 heteroatoms. The van der Waals surface area contributed by atoms with Gasteiger partial charge in [-0.1, -0.05) is 6.07 Å². The van der Waals surface area contributed by atoms with E-state index in [0.717, 1.165) is 0 Å². The number of hydrogen-bond acceptors (Lipinski definition) is 4. The Labute approximate surface area is 114 Å². The molecule has 0 radical (unpaired) electrons. The van der Waals surface area contributed by atoms with Crippen LogP contribution in [0.3, 0.4) is 0 Å². The largest absolute Gasteiger partial charge is 0.443 e. The van der Waals surface area contributed by atoms with Crippen molar-refractivity contribution in [2.24, 2.45) is 0 Å². The van der Waals surface area contributed by atoms with Crippen LogP contribution in [0.15, 0.2) is 22.8 Å². The molecule has 1 rings (SSSR count). The van der Waals surface area contributed by atoms with Gasteiger partial charge in [0.1, 0.15) is 22.3 Å². The van der Waals surface area contributed by atoms with Crippen LogP contribution >= 0.6 is 15.9 Å². The number of ether oxygens (including phenoxy) is 1. The molecule has 18 heavy (non-hydrogen) atoms. The summed E-state index contributed by atoms with van der Waals surface area (Å²) in [6, 6.07) is 5.10. The number of nitrogens with zero attached hydrogens (tertiary/aromatic N) is 2. The third kappa shape index (κ3) is 4.44. The highest BCUT2D eigenvalue weighted by molar-refractivity contribution is 9.10. The topological polar surface area (TPSA) is 59.5 Å². The molecule has 0 aliphatic carbocycles. The number of halogens is 1. The molecule has 0 aliphatic rings. The molecule has 1 aromatic heterocycles. The van der Waals surface area contributed by atoms with Crippen LogP contribution in [0.2, 0.25) is 0 Å². The second kappa shape index (κ2) is 5.95. The summed E-state index contributed by atoms with van der Waals surface area (Å²) in [7, 11) is 0. The van der Waals surface area contributed by atoms with Gasteiger partial charge in [-0.3, -0.25) is 4.90 Å². The third-order valence-electron chi connectivity index (χ3n) is 1.85. The molecule has 0 atom stereocenters. The fourth-order valence-corrected chi connectivity index (χ4v) is 1.54.